The van der Waals surface area contributed by atoms with Crippen molar-refractivity contribution in [3.05, 3.63) is 150 Å². The van der Waals surface area contributed by atoms with Crippen LogP contribution in [-0.4, -0.2) is 14.5 Å². The Morgan fingerprint density at radius 2 is 1.07 bits per heavy atom. The van der Waals surface area contributed by atoms with Gasteiger partial charge in [-0.1, -0.05) is 119 Å². The highest BCUT2D eigenvalue weighted by Crippen LogP contribution is 2.37. The van der Waals surface area contributed by atoms with Crippen molar-refractivity contribution in [1.82, 2.24) is 14.5 Å². The van der Waals surface area contributed by atoms with Crippen molar-refractivity contribution in [2.24, 2.45) is 0 Å². The first-order chi connectivity index (χ1) is 20.7. The number of hydrogen-bond donors (Lipinski definition) is 0. The Balaban J connectivity index is 1.39. The van der Waals surface area contributed by atoms with E-state index >= 15 is 0 Å². The summed E-state index contributed by atoms with van der Waals surface area (Å²) in [5, 5.41) is 3.46. The van der Waals surface area contributed by atoms with E-state index in [1.807, 2.05) is 18.2 Å². The van der Waals surface area contributed by atoms with Gasteiger partial charge < -0.3 is 4.57 Å². The predicted octanol–water partition coefficient (Wildman–Crippen LogP) is 10.5. The molecule has 0 N–H and O–H groups in total. The van der Waals surface area contributed by atoms with Gasteiger partial charge in [-0.05, 0) is 53.6 Å². The third kappa shape index (κ3) is 4.20. The number of rotatable bonds is 4. The molecule has 0 atom stereocenters. The molecule has 0 saturated heterocycles. The molecule has 0 fully saturated rings. The van der Waals surface area contributed by atoms with E-state index in [0.29, 0.717) is 5.82 Å². The van der Waals surface area contributed by atoms with Crippen LogP contribution in [0.15, 0.2) is 150 Å². The summed E-state index contributed by atoms with van der Waals surface area (Å²) in [7, 11) is 0. The highest BCUT2D eigenvalue weighted by Gasteiger charge is 2.17. The van der Waals surface area contributed by atoms with Crippen LogP contribution in [-0.2, 0) is 0 Å². The highest BCUT2D eigenvalue weighted by molar-refractivity contribution is 9.10. The van der Waals surface area contributed by atoms with Crippen molar-refractivity contribution in [2.75, 3.05) is 0 Å². The molecule has 0 aliphatic rings. The summed E-state index contributed by atoms with van der Waals surface area (Å²) < 4.78 is 3.42. The first-order valence-electron chi connectivity index (χ1n) is 14.0. The lowest BCUT2D eigenvalue weighted by molar-refractivity contribution is 1.18. The quantitative estimate of drug-likeness (QED) is 0.201. The van der Waals surface area contributed by atoms with Crippen molar-refractivity contribution in [3.63, 3.8) is 0 Å². The van der Waals surface area contributed by atoms with Crippen LogP contribution in [0, 0.1) is 0 Å². The molecule has 3 nitrogen and oxygen atoms in total. The van der Waals surface area contributed by atoms with Crippen LogP contribution < -0.4 is 0 Å². The maximum absolute atomic E-state index is 5.14. The second-order valence-corrected chi connectivity index (χ2v) is 11.3. The maximum atomic E-state index is 5.14. The van der Waals surface area contributed by atoms with Gasteiger partial charge in [-0.25, -0.2) is 9.97 Å². The SMILES string of the molecule is Brc1cccc(-c2ccc3c4ccc(-c5nc(-c6ccccc6)c6ccccc6n5)cc4n(-c4ccccc4)c3c2)c1. The van der Waals surface area contributed by atoms with Gasteiger partial charge in [0.05, 0.1) is 22.2 Å². The zero-order valence-corrected chi connectivity index (χ0v) is 24.2. The van der Waals surface area contributed by atoms with E-state index in [9.17, 15) is 0 Å². The largest absolute Gasteiger partial charge is 0.309 e. The summed E-state index contributed by atoms with van der Waals surface area (Å²) in [6.45, 7) is 0. The van der Waals surface area contributed by atoms with E-state index in [4.69, 9.17) is 9.97 Å². The summed E-state index contributed by atoms with van der Waals surface area (Å²) in [6.07, 6.45) is 0. The Kier molecular flexibility index (Phi) is 5.94. The number of fused-ring (bicyclic) bond motifs is 4. The number of aromatic nitrogens is 3. The average molecular weight is 603 g/mol. The molecule has 6 aromatic carbocycles. The highest BCUT2D eigenvalue weighted by atomic mass is 79.9. The molecule has 0 bridgehead atoms. The first kappa shape index (κ1) is 24.7. The topological polar surface area (TPSA) is 30.7 Å². The van der Waals surface area contributed by atoms with Gasteiger partial charge in [0.1, 0.15) is 0 Å². The van der Waals surface area contributed by atoms with E-state index in [0.717, 1.165) is 48.9 Å². The zero-order chi connectivity index (χ0) is 28.0. The Bertz CT molecular complexity index is 2250. The van der Waals surface area contributed by atoms with Crippen LogP contribution in [0.2, 0.25) is 0 Å². The molecule has 0 aliphatic heterocycles. The van der Waals surface area contributed by atoms with Crippen molar-refractivity contribution in [2.45, 2.75) is 0 Å². The van der Waals surface area contributed by atoms with Crippen LogP contribution in [0.3, 0.4) is 0 Å². The summed E-state index contributed by atoms with van der Waals surface area (Å²) >= 11 is 3.64. The Labute approximate surface area is 251 Å². The molecule has 2 aromatic heterocycles. The summed E-state index contributed by atoms with van der Waals surface area (Å²) in [6, 6.07) is 51.0. The van der Waals surface area contributed by atoms with Crippen molar-refractivity contribution in [1.29, 1.82) is 0 Å². The molecule has 0 amide bonds. The molecule has 0 spiro atoms. The molecule has 2 heterocycles. The molecule has 42 heavy (non-hydrogen) atoms. The Morgan fingerprint density at radius 3 is 1.83 bits per heavy atom. The minimum absolute atomic E-state index is 0.717. The number of nitrogens with zero attached hydrogens (tertiary/aromatic N) is 3. The van der Waals surface area contributed by atoms with Gasteiger partial charge in [-0.15, -0.1) is 0 Å². The summed E-state index contributed by atoms with van der Waals surface area (Å²) in [5.41, 5.74) is 9.69. The molecular weight excluding hydrogens is 578 g/mol. The normalized spacial score (nSPS) is 11.5. The molecule has 4 heteroatoms. The molecule has 0 radical (unpaired) electrons. The fourth-order valence-electron chi connectivity index (χ4n) is 5.88. The van der Waals surface area contributed by atoms with E-state index in [-0.39, 0.29) is 0 Å². The maximum Gasteiger partial charge on any atom is 0.160 e. The smallest absolute Gasteiger partial charge is 0.160 e. The van der Waals surface area contributed by atoms with Gasteiger partial charge >= 0.3 is 0 Å². The van der Waals surface area contributed by atoms with E-state index < -0.39 is 0 Å². The number of hydrogen-bond acceptors (Lipinski definition) is 2. The van der Waals surface area contributed by atoms with Crippen LogP contribution in [0.25, 0.3) is 72.2 Å². The fourth-order valence-corrected chi connectivity index (χ4v) is 6.28. The number of benzene rings is 6. The lowest BCUT2D eigenvalue weighted by atomic mass is 10.0. The molecule has 0 unspecified atom stereocenters. The van der Waals surface area contributed by atoms with Gasteiger partial charge in [-0.2, -0.15) is 0 Å². The lowest BCUT2D eigenvalue weighted by Gasteiger charge is -2.11. The second kappa shape index (κ2) is 10.1. The predicted molar refractivity (Wildman–Crippen MR) is 178 cm³/mol. The van der Waals surface area contributed by atoms with Gasteiger partial charge in [0.15, 0.2) is 5.82 Å². The molecule has 0 saturated carbocycles. The van der Waals surface area contributed by atoms with Crippen LogP contribution in [0.1, 0.15) is 0 Å². The average Bonchev–Trinajstić information content (AvgIpc) is 3.38. The number of para-hydroxylation sites is 2. The molecule has 198 valence electrons. The molecular formula is C38H24BrN3. The lowest BCUT2D eigenvalue weighted by Crippen LogP contribution is -1.96. The minimum Gasteiger partial charge on any atom is -0.309 e. The van der Waals surface area contributed by atoms with Gasteiger partial charge in [0.25, 0.3) is 0 Å². The molecule has 8 aromatic rings. The second-order valence-electron chi connectivity index (χ2n) is 10.4. The molecule has 8 rings (SSSR count). The zero-order valence-electron chi connectivity index (χ0n) is 22.6. The van der Waals surface area contributed by atoms with Crippen molar-refractivity contribution < 1.29 is 0 Å². The summed E-state index contributed by atoms with van der Waals surface area (Å²) in [4.78, 5) is 10.2. The Morgan fingerprint density at radius 1 is 0.452 bits per heavy atom. The minimum atomic E-state index is 0.717. The Hall–Kier alpha value is -5.06. The summed E-state index contributed by atoms with van der Waals surface area (Å²) in [5.74, 6) is 0.717. The van der Waals surface area contributed by atoms with Crippen molar-refractivity contribution >= 4 is 48.6 Å². The van der Waals surface area contributed by atoms with E-state index in [2.05, 4.69) is 148 Å². The molecule has 0 aliphatic carbocycles. The van der Waals surface area contributed by atoms with Crippen LogP contribution in [0.4, 0.5) is 0 Å². The third-order valence-corrected chi connectivity index (χ3v) is 8.34. The first-order valence-corrected chi connectivity index (χ1v) is 14.7. The van der Waals surface area contributed by atoms with E-state index in [1.165, 1.54) is 21.9 Å². The monoisotopic (exact) mass is 601 g/mol. The van der Waals surface area contributed by atoms with Crippen LogP contribution in [0.5, 0.6) is 0 Å². The fraction of sp³-hybridized carbons (Fsp3) is 0. The number of halogens is 1. The van der Waals surface area contributed by atoms with Gasteiger partial charge in [0.2, 0.25) is 0 Å². The van der Waals surface area contributed by atoms with E-state index in [1.54, 1.807) is 0 Å². The standard InChI is InChI=1S/C38H24BrN3/c39-29-13-9-12-26(22-29)27-18-20-31-32-21-19-28(24-36(32)42(35(31)23-27)30-14-5-2-6-15-30)38-40-34-17-8-7-16-33(34)37(41-38)25-10-3-1-4-11-25/h1-24H. The third-order valence-electron chi connectivity index (χ3n) is 7.85. The van der Waals surface area contributed by atoms with Crippen molar-refractivity contribution in [3.8, 4) is 39.5 Å². The van der Waals surface area contributed by atoms with Gasteiger partial charge in [0, 0.05) is 37.4 Å². The van der Waals surface area contributed by atoms with Crippen LogP contribution >= 0.6 is 15.9 Å². The van der Waals surface area contributed by atoms with Gasteiger partial charge in [-0.3, -0.25) is 0 Å².